The van der Waals surface area contributed by atoms with Gasteiger partial charge in [0.1, 0.15) is 0 Å². The lowest BCUT2D eigenvalue weighted by molar-refractivity contribution is 0.0893. The highest BCUT2D eigenvalue weighted by molar-refractivity contribution is 14.0. The van der Waals surface area contributed by atoms with E-state index in [2.05, 4.69) is 60.7 Å². The summed E-state index contributed by atoms with van der Waals surface area (Å²) in [6.45, 7) is 11.4. The van der Waals surface area contributed by atoms with E-state index >= 15 is 0 Å². The summed E-state index contributed by atoms with van der Waals surface area (Å²) in [5.41, 5.74) is 2.64. The summed E-state index contributed by atoms with van der Waals surface area (Å²) in [7, 11) is 0. The van der Waals surface area contributed by atoms with Crippen molar-refractivity contribution in [2.75, 3.05) is 39.5 Å². The van der Waals surface area contributed by atoms with Crippen LogP contribution in [-0.2, 0) is 15.9 Å². The molecule has 0 aromatic heterocycles. The zero-order chi connectivity index (χ0) is 18.6. The Labute approximate surface area is 181 Å². The van der Waals surface area contributed by atoms with Crippen LogP contribution in [0.1, 0.15) is 50.8 Å². The van der Waals surface area contributed by atoms with Crippen molar-refractivity contribution < 1.29 is 9.47 Å². The third kappa shape index (κ3) is 9.25. The largest absolute Gasteiger partial charge is 0.381 e. The van der Waals surface area contributed by atoms with Gasteiger partial charge in [0.15, 0.2) is 5.96 Å². The van der Waals surface area contributed by atoms with E-state index in [9.17, 15) is 0 Å². The highest BCUT2D eigenvalue weighted by Gasteiger charge is 2.15. The molecule has 0 spiro atoms. The van der Waals surface area contributed by atoms with Crippen LogP contribution in [0.3, 0.4) is 0 Å². The number of rotatable bonds is 10. The van der Waals surface area contributed by atoms with Crippen molar-refractivity contribution in [2.45, 2.75) is 46.1 Å². The number of nitrogens with one attached hydrogen (secondary N) is 2. The summed E-state index contributed by atoms with van der Waals surface area (Å²) in [6, 6.07) is 9.01. The summed E-state index contributed by atoms with van der Waals surface area (Å²) >= 11 is 0. The molecular formula is C21H36IN3O2. The molecule has 5 nitrogen and oxygen atoms in total. The Morgan fingerprint density at radius 3 is 2.70 bits per heavy atom. The lowest BCUT2D eigenvalue weighted by Gasteiger charge is -2.18. The third-order valence-corrected chi connectivity index (χ3v) is 4.68. The van der Waals surface area contributed by atoms with Crippen LogP contribution in [0.2, 0.25) is 0 Å². The molecule has 1 saturated heterocycles. The molecule has 2 unspecified atom stereocenters. The number of benzene rings is 1. The van der Waals surface area contributed by atoms with Crippen LogP contribution < -0.4 is 10.6 Å². The van der Waals surface area contributed by atoms with Crippen molar-refractivity contribution in [3.63, 3.8) is 0 Å². The van der Waals surface area contributed by atoms with Crippen molar-refractivity contribution >= 4 is 29.9 Å². The fraction of sp³-hybridized carbons (Fsp3) is 0.667. The SMILES string of the molecule is CCNC(=NCCCOCC1CCOC1)NC(C)c1ccc(CC)cc1.I. The third-order valence-electron chi connectivity index (χ3n) is 4.68. The van der Waals surface area contributed by atoms with Crippen molar-refractivity contribution in [1.82, 2.24) is 10.6 Å². The number of halogens is 1. The van der Waals surface area contributed by atoms with Gasteiger partial charge in [-0.1, -0.05) is 31.2 Å². The van der Waals surface area contributed by atoms with Crippen molar-refractivity contribution in [2.24, 2.45) is 10.9 Å². The van der Waals surface area contributed by atoms with E-state index in [1.54, 1.807) is 0 Å². The summed E-state index contributed by atoms with van der Waals surface area (Å²) in [5, 5.41) is 6.81. The molecule has 1 aromatic rings. The average Bonchev–Trinajstić information content (AvgIpc) is 3.18. The molecule has 1 fully saturated rings. The maximum Gasteiger partial charge on any atom is 0.191 e. The van der Waals surface area contributed by atoms with Gasteiger partial charge in [0.2, 0.25) is 0 Å². The van der Waals surface area contributed by atoms with E-state index in [-0.39, 0.29) is 30.0 Å². The van der Waals surface area contributed by atoms with Gasteiger partial charge in [-0.15, -0.1) is 24.0 Å². The minimum absolute atomic E-state index is 0. The van der Waals surface area contributed by atoms with Crippen molar-refractivity contribution in [3.05, 3.63) is 35.4 Å². The second-order valence-electron chi connectivity index (χ2n) is 6.88. The molecule has 0 amide bonds. The summed E-state index contributed by atoms with van der Waals surface area (Å²) < 4.78 is 11.1. The lowest BCUT2D eigenvalue weighted by atomic mass is 10.1. The molecule has 2 atom stereocenters. The number of aliphatic imine (C=N–C) groups is 1. The molecule has 0 bridgehead atoms. The van der Waals surface area contributed by atoms with Gasteiger partial charge in [-0.25, -0.2) is 0 Å². The van der Waals surface area contributed by atoms with Crippen LogP contribution in [0.15, 0.2) is 29.3 Å². The van der Waals surface area contributed by atoms with Gasteiger partial charge in [-0.2, -0.15) is 0 Å². The van der Waals surface area contributed by atoms with Crippen LogP contribution in [0, 0.1) is 5.92 Å². The smallest absolute Gasteiger partial charge is 0.191 e. The molecule has 1 aromatic carbocycles. The van der Waals surface area contributed by atoms with Crippen LogP contribution in [0.5, 0.6) is 0 Å². The minimum atomic E-state index is 0. The Morgan fingerprint density at radius 2 is 2.07 bits per heavy atom. The second-order valence-corrected chi connectivity index (χ2v) is 6.88. The maximum absolute atomic E-state index is 5.74. The summed E-state index contributed by atoms with van der Waals surface area (Å²) in [6.07, 6.45) is 3.13. The summed E-state index contributed by atoms with van der Waals surface area (Å²) in [4.78, 5) is 4.67. The van der Waals surface area contributed by atoms with Gasteiger partial charge < -0.3 is 20.1 Å². The zero-order valence-electron chi connectivity index (χ0n) is 17.0. The van der Waals surface area contributed by atoms with E-state index in [0.717, 1.165) is 64.7 Å². The van der Waals surface area contributed by atoms with Gasteiger partial charge in [0.05, 0.1) is 19.3 Å². The van der Waals surface area contributed by atoms with Crippen LogP contribution >= 0.6 is 24.0 Å². The molecule has 1 heterocycles. The molecule has 1 aliphatic heterocycles. The number of nitrogens with zero attached hydrogens (tertiary/aromatic N) is 1. The first-order chi connectivity index (χ1) is 12.7. The fourth-order valence-corrected chi connectivity index (χ4v) is 2.97. The van der Waals surface area contributed by atoms with Gasteiger partial charge in [-0.05, 0) is 44.2 Å². The van der Waals surface area contributed by atoms with Crippen LogP contribution in [0.4, 0.5) is 0 Å². The minimum Gasteiger partial charge on any atom is -0.381 e. The molecule has 2 N–H and O–H groups in total. The monoisotopic (exact) mass is 489 g/mol. The molecule has 0 saturated carbocycles. The predicted octanol–water partition coefficient (Wildman–Crippen LogP) is 3.93. The molecule has 27 heavy (non-hydrogen) atoms. The number of guanidine groups is 1. The average molecular weight is 489 g/mol. The van der Waals surface area contributed by atoms with Gasteiger partial charge in [0, 0.05) is 32.2 Å². The van der Waals surface area contributed by atoms with Crippen LogP contribution in [0.25, 0.3) is 0 Å². The van der Waals surface area contributed by atoms with Crippen molar-refractivity contribution in [3.8, 4) is 0 Å². The molecule has 154 valence electrons. The highest BCUT2D eigenvalue weighted by Crippen LogP contribution is 2.14. The summed E-state index contributed by atoms with van der Waals surface area (Å²) in [5.74, 6) is 1.45. The molecule has 0 aliphatic carbocycles. The Balaban J connectivity index is 0.00000364. The standard InChI is InChI=1S/C21H35N3O2.HI/c1-4-18-7-9-20(10-8-18)17(3)24-21(22-5-2)23-12-6-13-25-15-19-11-14-26-16-19;/h7-10,17,19H,4-6,11-16H2,1-3H3,(H2,22,23,24);1H. The van der Waals surface area contributed by atoms with Gasteiger partial charge >= 0.3 is 0 Å². The van der Waals surface area contributed by atoms with E-state index < -0.39 is 0 Å². The quantitative estimate of drug-likeness (QED) is 0.227. The van der Waals surface area contributed by atoms with Crippen molar-refractivity contribution in [1.29, 1.82) is 0 Å². The van der Waals surface area contributed by atoms with Gasteiger partial charge in [0.25, 0.3) is 0 Å². The first-order valence-electron chi connectivity index (χ1n) is 10.0. The topological polar surface area (TPSA) is 54.9 Å². The number of ether oxygens (including phenoxy) is 2. The first-order valence-corrected chi connectivity index (χ1v) is 10.0. The Bertz CT molecular complexity index is 531. The van der Waals surface area contributed by atoms with E-state index in [0.29, 0.717) is 5.92 Å². The predicted molar refractivity (Wildman–Crippen MR) is 123 cm³/mol. The first kappa shape index (κ1) is 24.2. The molecular weight excluding hydrogens is 453 g/mol. The molecule has 0 radical (unpaired) electrons. The Morgan fingerprint density at radius 1 is 1.30 bits per heavy atom. The van der Waals surface area contributed by atoms with Gasteiger partial charge in [-0.3, -0.25) is 4.99 Å². The van der Waals surface area contributed by atoms with E-state index in [4.69, 9.17) is 9.47 Å². The molecule has 1 aliphatic rings. The Hall–Kier alpha value is -0.860. The van der Waals surface area contributed by atoms with E-state index in [1.807, 2.05) is 0 Å². The number of aryl methyl sites for hydroxylation is 1. The van der Waals surface area contributed by atoms with E-state index in [1.165, 1.54) is 11.1 Å². The highest BCUT2D eigenvalue weighted by atomic mass is 127. The molecule has 6 heteroatoms. The fourth-order valence-electron chi connectivity index (χ4n) is 2.97. The maximum atomic E-state index is 5.74. The zero-order valence-corrected chi connectivity index (χ0v) is 19.3. The van der Waals surface area contributed by atoms with Crippen LogP contribution in [-0.4, -0.2) is 45.5 Å². The molecule has 2 rings (SSSR count). The lowest BCUT2D eigenvalue weighted by Crippen LogP contribution is -2.38. The number of hydrogen-bond acceptors (Lipinski definition) is 3. The number of hydrogen-bond donors (Lipinski definition) is 2. The Kier molecular flexibility index (Phi) is 12.7. The normalized spacial score (nSPS) is 18.0. The second kappa shape index (κ2) is 14.2.